The van der Waals surface area contributed by atoms with E-state index in [0.717, 1.165) is 11.1 Å². The maximum atomic E-state index is 13.9. The van der Waals surface area contributed by atoms with Gasteiger partial charge in [-0.2, -0.15) is 0 Å². The molecule has 1 fully saturated rings. The molecular formula is C19H16FN3O2. The number of hydrogen-bond donors (Lipinski definition) is 1. The summed E-state index contributed by atoms with van der Waals surface area (Å²) in [6.45, 7) is 1.91. The molecule has 0 radical (unpaired) electrons. The number of benzene rings is 2. The van der Waals surface area contributed by atoms with Crippen LogP contribution in [-0.4, -0.2) is 16.1 Å². The first-order chi connectivity index (χ1) is 12.1. The molecule has 0 unspecified atom stereocenters. The number of carbonyl (C=O) groups excluding carboxylic acids is 1. The van der Waals surface area contributed by atoms with Gasteiger partial charge in [0.1, 0.15) is 5.82 Å². The summed E-state index contributed by atoms with van der Waals surface area (Å²) in [5.74, 6) is -0.216. The molecule has 2 aromatic carbocycles. The zero-order chi connectivity index (χ0) is 17.4. The van der Waals surface area contributed by atoms with Gasteiger partial charge in [0.2, 0.25) is 18.2 Å². The molecule has 1 amide bonds. The maximum absolute atomic E-state index is 13.9. The van der Waals surface area contributed by atoms with Gasteiger partial charge in [-0.15, -0.1) is 10.2 Å². The Morgan fingerprint density at radius 1 is 1.28 bits per heavy atom. The summed E-state index contributed by atoms with van der Waals surface area (Å²) in [6.07, 6.45) is 1.92. The van der Waals surface area contributed by atoms with Crippen molar-refractivity contribution < 1.29 is 13.6 Å². The predicted octanol–water partition coefficient (Wildman–Crippen LogP) is 3.93. The van der Waals surface area contributed by atoms with Crippen molar-refractivity contribution in [3.05, 3.63) is 65.8 Å². The van der Waals surface area contributed by atoms with Crippen LogP contribution >= 0.6 is 0 Å². The Kier molecular flexibility index (Phi) is 3.80. The Hall–Kier alpha value is -3.02. The second-order valence-electron chi connectivity index (χ2n) is 6.23. The Balaban J connectivity index is 1.50. The molecule has 1 aliphatic rings. The van der Waals surface area contributed by atoms with Gasteiger partial charge in [0.05, 0.1) is 0 Å². The molecule has 1 aromatic heterocycles. The van der Waals surface area contributed by atoms with Crippen LogP contribution < -0.4 is 5.32 Å². The van der Waals surface area contributed by atoms with Crippen molar-refractivity contribution in [2.75, 3.05) is 5.32 Å². The van der Waals surface area contributed by atoms with E-state index in [1.807, 2.05) is 19.1 Å². The first kappa shape index (κ1) is 15.5. The zero-order valence-corrected chi connectivity index (χ0v) is 13.6. The molecule has 25 heavy (non-hydrogen) atoms. The Labute approximate surface area is 143 Å². The number of anilines is 1. The van der Waals surface area contributed by atoms with Crippen LogP contribution in [0.25, 0.3) is 11.5 Å². The fourth-order valence-electron chi connectivity index (χ4n) is 3.02. The number of hydrogen-bond acceptors (Lipinski definition) is 4. The largest absolute Gasteiger partial charge is 0.423 e. The Bertz CT molecular complexity index is 924. The van der Waals surface area contributed by atoms with Gasteiger partial charge in [0, 0.05) is 17.2 Å². The van der Waals surface area contributed by atoms with E-state index in [-0.39, 0.29) is 23.6 Å². The smallest absolute Gasteiger partial charge is 0.247 e. The van der Waals surface area contributed by atoms with Crippen molar-refractivity contribution in [2.24, 2.45) is 5.92 Å². The molecule has 5 nitrogen and oxygen atoms in total. The summed E-state index contributed by atoms with van der Waals surface area (Å²) >= 11 is 0. The van der Waals surface area contributed by atoms with Crippen molar-refractivity contribution in [2.45, 2.75) is 19.3 Å². The molecule has 0 spiro atoms. The second kappa shape index (κ2) is 6.12. The molecule has 0 aliphatic heterocycles. The van der Waals surface area contributed by atoms with Crippen molar-refractivity contribution in [3.63, 3.8) is 0 Å². The standard InChI is InChI=1S/C19H16FN3O2/c1-11-6-7-12(19-23-21-10-25-19)8-17(11)22-18(24)15-9-14(15)13-4-2-3-5-16(13)20/h2-8,10,14-15H,9H2,1H3,(H,22,24)/t14-,15+/m0/s1. The minimum absolute atomic E-state index is 0.0550. The van der Waals surface area contributed by atoms with Crippen molar-refractivity contribution >= 4 is 11.6 Å². The van der Waals surface area contributed by atoms with Gasteiger partial charge in [-0.3, -0.25) is 4.79 Å². The van der Waals surface area contributed by atoms with Crippen LogP contribution in [0.2, 0.25) is 0 Å². The van der Waals surface area contributed by atoms with Crippen LogP contribution in [0.5, 0.6) is 0 Å². The highest BCUT2D eigenvalue weighted by Crippen LogP contribution is 2.48. The van der Waals surface area contributed by atoms with E-state index < -0.39 is 0 Å². The third-order valence-electron chi connectivity index (χ3n) is 4.53. The quantitative estimate of drug-likeness (QED) is 0.783. The van der Waals surface area contributed by atoms with Crippen LogP contribution in [-0.2, 0) is 4.79 Å². The summed E-state index contributed by atoms with van der Waals surface area (Å²) in [7, 11) is 0. The van der Waals surface area contributed by atoms with Gasteiger partial charge < -0.3 is 9.73 Å². The molecule has 4 rings (SSSR count). The van der Waals surface area contributed by atoms with Gasteiger partial charge in [-0.25, -0.2) is 4.39 Å². The molecule has 3 aromatic rings. The molecule has 0 saturated heterocycles. The van der Waals surface area contributed by atoms with E-state index in [2.05, 4.69) is 15.5 Å². The lowest BCUT2D eigenvalue weighted by Gasteiger charge is -2.10. The SMILES string of the molecule is Cc1ccc(-c2nnco2)cc1NC(=O)[C@@H]1C[C@H]1c1ccccc1F. The van der Waals surface area contributed by atoms with Crippen LogP contribution in [0, 0.1) is 18.7 Å². The number of nitrogens with one attached hydrogen (secondary N) is 1. The van der Waals surface area contributed by atoms with E-state index in [0.29, 0.717) is 23.6 Å². The average molecular weight is 337 g/mol. The van der Waals surface area contributed by atoms with Crippen molar-refractivity contribution in [1.29, 1.82) is 0 Å². The van der Waals surface area contributed by atoms with Crippen LogP contribution in [0.3, 0.4) is 0 Å². The average Bonchev–Trinajstić information content (AvgIpc) is 3.21. The number of rotatable bonds is 4. The molecule has 2 atom stereocenters. The minimum atomic E-state index is -0.252. The van der Waals surface area contributed by atoms with E-state index >= 15 is 0 Å². The maximum Gasteiger partial charge on any atom is 0.247 e. The summed E-state index contributed by atoms with van der Waals surface area (Å²) in [6, 6.07) is 12.2. The number of aromatic nitrogens is 2. The summed E-state index contributed by atoms with van der Waals surface area (Å²) < 4.78 is 19.1. The van der Waals surface area contributed by atoms with Crippen LogP contribution in [0.15, 0.2) is 53.3 Å². The molecule has 1 aliphatic carbocycles. The molecule has 6 heteroatoms. The number of amides is 1. The normalized spacial score (nSPS) is 18.8. The summed E-state index contributed by atoms with van der Waals surface area (Å²) in [4.78, 5) is 12.5. The van der Waals surface area contributed by atoms with Crippen LogP contribution in [0.1, 0.15) is 23.5 Å². The Morgan fingerprint density at radius 2 is 2.12 bits per heavy atom. The lowest BCUT2D eigenvalue weighted by molar-refractivity contribution is -0.117. The van der Waals surface area contributed by atoms with Gasteiger partial charge in [0.15, 0.2) is 0 Å². The lowest BCUT2D eigenvalue weighted by Crippen LogP contribution is -2.15. The lowest BCUT2D eigenvalue weighted by atomic mass is 10.1. The molecule has 126 valence electrons. The first-order valence-electron chi connectivity index (χ1n) is 8.06. The molecular weight excluding hydrogens is 321 g/mol. The summed E-state index contributed by atoms with van der Waals surface area (Å²) in [5, 5.41) is 10.5. The molecule has 1 saturated carbocycles. The van der Waals surface area contributed by atoms with E-state index in [1.54, 1.807) is 24.3 Å². The number of halogens is 1. The second-order valence-corrected chi connectivity index (χ2v) is 6.23. The van der Waals surface area contributed by atoms with E-state index in [9.17, 15) is 9.18 Å². The van der Waals surface area contributed by atoms with E-state index in [4.69, 9.17) is 4.42 Å². The van der Waals surface area contributed by atoms with Gasteiger partial charge in [0.25, 0.3) is 0 Å². The van der Waals surface area contributed by atoms with Crippen molar-refractivity contribution in [1.82, 2.24) is 10.2 Å². The van der Waals surface area contributed by atoms with Crippen molar-refractivity contribution in [3.8, 4) is 11.5 Å². The number of nitrogens with zero attached hydrogens (tertiary/aromatic N) is 2. The Morgan fingerprint density at radius 3 is 2.88 bits per heavy atom. The van der Waals surface area contributed by atoms with Crippen LogP contribution in [0.4, 0.5) is 10.1 Å². The zero-order valence-electron chi connectivity index (χ0n) is 13.6. The molecule has 1 N–H and O–H groups in total. The monoisotopic (exact) mass is 337 g/mol. The summed E-state index contributed by atoms with van der Waals surface area (Å²) in [5.41, 5.74) is 2.97. The topological polar surface area (TPSA) is 68.0 Å². The fourth-order valence-corrected chi connectivity index (χ4v) is 3.02. The highest BCUT2D eigenvalue weighted by atomic mass is 19.1. The third-order valence-corrected chi connectivity index (χ3v) is 4.53. The fraction of sp³-hybridized carbons (Fsp3) is 0.211. The predicted molar refractivity (Wildman–Crippen MR) is 90.3 cm³/mol. The third kappa shape index (κ3) is 3.03. The van der Waals surface area contributed by atoms with Gasteiger partial charge in [-0.1, -0.05) is 24.3 Å². The minimum Gasteiger partial charge on any atom is -0.423 e. The van der Waals surface area contributed by atoms with Gasteiger partial charge >= 0.3 is 0 Å². The number of carbonyl (C=O) groups is 1. The highest BCUT2D eigenvalue weighted by molar-refractivity contribution is 5.96. The number of aryl methyl sites for hydroxylation is 1. The highest BCUT2D eigenvalue weighted by Gasteiger charge is 2.45. The molecule has 0 bridgehead atoms. The molecule has 1 heterocycles. The van der Waals surface area contributed by atoms with Gasteiger partial charge in [-0.05, 0) is 48.6 Å². The first-order valence-corrected chi connectivity index (χ1v) is 8.06. The van der Waals surface area contributed by atoms with E-state index in [1.165, 1.54) is 12.5 Å².